The van der Waals surface area contributed by atoms with Gasteiger partial charge in [0.25, 0.3) is 5.91 Å². The van der Waals surface area contributed by atoms with E-state index in [2.05, 4.69) is 50.4 Å². The van der Waals surface area contributed by atoms with E-state index in [0.29, 0.717) is 15.3 Å². The molecule has 138 valence electrons. The monoisotopic (exact) mass is 436 g/mol. The van der Waals surface area contributed by atoms with E-state index < -0.39 is 5.91 Å². The van der Waals surface area contributed by atoms with Gasteiger partial charge in [-0.05, 0) is 46.5 Å². The Hall–Kier alpha value is -1.93. The average molecular weight is 437 g/mol. The van der Waals surface area contributed by atoms with Crippen molar-refractivity contribution in [2.45, 2.75) is 31.8 Å². The second kappa shape index (κ2) is 10.3. The van der Waals surface area contributed by atoms with E-state index in [1.165, 1.54) is 17.3 Å². The standard InChI is InChI=1S/C18H21BrN4O2S/c1-3-9-26-18-21-10-14(19)16(23-18)17(25)20-11-15(24)22-13-7-5-12(4-2)6-8-13/h5-8,10H,3-4,9,11H2,1-2H3,(H,20,25)(H,22,24). The number of rotatable bonds is 8. The largest absolute Gasteiger partial charge is 0.342 e. The number of nitrogens with one attached hydrogen (secondary N) is 2. The number of thioether (sulfide) groups is 1. The van der Waals surface area contributed by atoms with Crippen LogP contribution in [0.15, 0.2) is 40.1 Å². The first-order valence-corrected chi connectivity index (χ1v) is 10.1. The highest BCUT2D eigenvalue weighted by atomic mass is 79.9. The zero-order chi connectivity index (χ0) is 18.9. The van der Waals surface area contributed by atoms with Crippen LogP contribution in [-0.4, -0.2) is 34.1 Å². The van der Waals surface area contributed by atoms with Crippen molar-refractivity contribution >= 4 is 45.2 Å². The van der Waals surface area contributed by atoms with Crippen LogP contribution < -0.4 is 10.6 Å². The van der Waals surface area contributed by atoms with Crippen molar-refractivity contribution in [3.63, 3.8) is 0 Å². The highest BCUT2D eigenvalue weighted by Crippen LogP contribution is 2.19. The number of amides is 2. The zero-order valence-corrected chi connectivity index (χ0v) is 17.1. The summed E-state index contributed by atoms with van der Waals surface area (Å²) < 4.78 is 0.492. The van der Waals surface area contributed by atoms with Gasteiger partial charge in [0.05, 0.1) is 11.0 Å². The second-order valence-corrected chi connectivity index (χ2v) is 7.40. The van der Waals surface area contributed by atoms with Crippen molar-refractivity contribution in [1.29, 1.82) is 0 Å². The molecule has 0 fully saturated rings. The third kappa shape index (κ3) is 6.10. The Labute approximate surface area is 165 Å². The normalized spacial score (nSPS) is 10.4. The summed E-state index contributed by atoms with van der Waals surface area (Å²) in [6, 6.07) is 7.61. The van der Waals surface area contributed by atoms with Crippen molar-refractivity contribution in [2.24, 2.45) is 0 Å². The molecule has 26 heavy (non-hydrogen) atoms. The Balaban J connectivity index is 1.91. The van der Waals surface area contributed by atoms with E-state index in [1.54, 1.807) is 6.20 Å². The smallest absolute Gasteiger partial charge is 0.271 e. The lowest BCUT2D eigenvalue weighted by molar-refractivity contribution is -0.115. The molecule has 0 atom stereocenters. The van der Waals surface area contributed by atoms with Crippen LogP contribution in [0.1, 0.15) is 36.3 Å². The van der Waals surface area contributed by atoms with E-state index >= 15 is 0 Å². The number of halogens is 1. The minimum atomic E-state index is -0.422. The maximum Gasteiger partial charge on any atom is 0.271 e. The first-order valence-electron chi connectivity index (χ1n) is 8.35. The molecule has 1 aromatic carbocycles. The molecule has 0 aliphatic heterocycles. The fourth-order valence-corrected chi connectivity index (χ4v) is 3.09. The summed E-state index contributed by atoms with van der Waals surface area (Å²) in [5.41, 5.74) is 2.11. The van der Waals surface area contributed by atoms with Crippen LogP contribution in [0.4, 0.5) is 5.69 Å². The summed E-state index contributed by atoms with van der Waals surface area (Å²) in [4.78, 5) is 32.8. The van der Waals surface area contributed by atoms with E-state index in [0.717, 1.165) is 18.6 Å². The van der Waals surface area contributed by atoms with Gasteiger partial charge in [0, 0.05) is 17.6 Å². The first-order chi connectivity index (χ1) is 12.5. The van der Waals surface area contributed by atoms with Crippen LogP contribution in [0.3, 0.4) is 0 Å². The molecule has 8 heteroatoms. The van der Waals surface area contributed by atoms with E-state index in [-0.39, 0.29) is 18.1 Å². The molecule has 0 aliphatic carbocycles. The van der Waals surface area contributed by atoms with Gasteiger partial charge in [0.1, 0.15) is 5.69 Å². The van der Waals surface area contributed by atoms with Gasteiger partial charge < -0.3 is 10.6 Å². The quantitative estimate of drug-likeness (QED) is 0.486. The van der Waals surface area contributed by atoms with Crippen LogP contribution in [0.2, 0.25) is 0 Å². The van der Waals surface area contributed by atoms with Gasteiger partial charge in [0.2, 0.25) is 5.91 Å². The third-order valence-corrected chi connectivity index (χ3v) is 5.08. The molecule has 0 saturated heterocycles. The summed E-state index contributed by atoms with van der Waals surface area (Å²) in [7, 11) is 0. The van der Waals surface area contributed by atoms with Gasteiger partial charge in [-0.15, -0.1) is 0 Å². The van der Waals surface area contributed by atoms with Crippen LogP contribution in [-0.2, 0) is 11.2 Å². The second-order valence-electron chi connectivity index (χ2n) is 5.48. The minimum Gasteiger partial charge on any atom is -0.342 e. The van der Waals surface area contributed by atoms with Crippen molar-refractivity contribution < 1.29 is 9.59 Å². The van der Waals surface area contributed by atoms with Gasteiger partial charge in [-0.1, -0.05) is 37.7 Å². The molecule has 0 radical (unpaired) electrons. The van der Waals surface area contributed by atoms with Gasteiger partial charge >= 0.3 is 0 Å². The maximum absolute atomic E-state index is 12.3. The predicted molar refractivity (Wildman–Crippen MR) is 108 cm³/mol. The van der Waals surface area contributed by atoms with Gasteiger partial charge in [-0.3, -0.25) is 9.59 Å². The molecule has 0 unspecified atom stereocenters. The Morgan fingerprint density at radius 2 is 1.92 bits per heavy atom. The third-order valence-electron chi connectivity index (χ3n) is 3.43. The Morgan fingerprint density at radius 3 is 2.58 bits per heavy atom. The molecular formula is C18H21BrN4O2S. The van der Waals surface area contributed by atoms with E-state index in [9.17, 15) is 9.59 Å². The topological polar surface area (TPSA) is 84.0 Å². The minimum absolute atomic E-state index is 0.137. The molecular weight excluding hydrogens is 416 g/mol. The number of nitrogens with zero attached hydrogens (tertiary/aromatic N) is 2. The number of anilines is 1. The Kier molecular flexibility index (Phi) is 8.06. The Bertz CT molecular complexity index is 768. The number of hydrogen-bond donors (Lipinski definition) is 2. The van der Waals surface area contributed by atoms with Crippen molar-refractivity contribution in [3.05, 3.63) is 46.2 Å². The lowest BCUT2D eigenvalue weighted by atomic mass is 10.1. The fourth-order valence-electron chi connectivity index (χ4n) is 2.05. The van der Waals surface area contributed by atoms with Crippen LogP contribution in [0.25, 0.3) is 0 Å². The fraction of sp³-hybridized carbons (Fsp3) is 0.333. The van der Waals surface area contributed by atoms with Gasteiger partial charge in [0.15, 0.2) is 5.16 Å². The van der Waals surface area contributed by atoms with Crippen LogP contribution >= 0.6 is 27.7 Å². The number of carbonyl (C=O) groups excluding carboxylic acids is 2. The number of aryl methyl sites for hydroxylation is 1. The number of aromatic nitrogens is 2. The Morgan fingerprint density at radius 1 is 1.19 bits per heavy atom. The lowest BCUT2D eigenvalue weighted by Crippen LogP contribution is -2.33. The summed E-state index contributed by atoms with van der Waals surface area (Å²) in [5.74, 6) is 0.157. The van der Waals surface area contributed by atoms with Crippen LogP contribution in [0, 0.1) is 0 Å². The summed E-state index contributed by atoms with van der Waals surface area (Å²) in [6.45, 7) is 4.00. The van der Waals surface area contributed by atoms with Gasteiger partial charge in [-0.25, -0.2) is 9.97 Å². The molecule has 6 nitrogen and oxygen atoms in total. The number of hydrogen-bond acceptors (Lipinski definition) is 5. The molecule has 2 amide bonds. The van der Waals surface area contributed by atoms with Gasteiger partial charge in [-0.2, -0.15) is 0 Å². The average Bonchev–Trinajstić information content (AvgIpc) is 2.66. The van der Waals surface area contributed by atoms with Crippen LogP contribution in [0.5, 0.6) is 0 Å². The number of carbonyl (C=O) groups is 2. The molecule has 0 aliphatic rings. The summed E-state index contributed by atoms with van der Waals surface area (Å²) >= 11 is 4.77. The molecule has 2 N–H and O–H groups in total. The molecule has 0 bridgehead atoms. The highest BCUT2D eigenvalue weighted by Gasteiger charge is 2.15. The maximum atomic E-state index is 12.3. The first kappa shape index (κ1) is 20.4. The SMILES string of the molecule is CCCSc1ncc(Br)c(C(=O)NCC(=O)Nc2ccc(CC)cc2)n1. The summed E-state index contributed by atoms with van der Waals surface area (Å²) in [6.07, 6.45) is 3.48. The van der Waals surface area contributed by atoms with Crippen molar-refractivity contribution in [3.8, 4) is 0 Å². The molecule has 2 rings (SSSR count). The molecule has 1 aromatic heterocycles. The number of benzene rings is 1. The predicted octanol–water partition coefficient (Wildman–Crippen LogP) is 3.67. The highest BCUT2D eigenvalue weighted by molar-refractivity contribution is 9.10. The van der Waals surface area contributed by atoms with E-state index in [1.807, 2.05) is 24.3 Å². The molecule has 1 heterocycles. The molecule has 2 aromatic rings. The zero-order valence-electron chi connectivity index (χ0n) is 14.7. The van der Waals surface area contributed by atoms with Crippen molar-refractivity contribution in [1.82, 2.24) is 15.3 Å². The lowest BCUT2D eigenvalue weighted by Gasteiger charge is -2.09. The van der Waals surface area contributed by atoms with Crippen molar-refractivity contribution in [2.75, 3.05) is 17.6 Å². The van der Waals surface area contributed by atoms with E-state index in [4.69, 9.17) is 0 Å². The molecule has 0 saturated carbocycles. The molecule has 0 spiro atoms. The summed E-state index contributed by atoms with van der Waals surface area (Å²) in [5, 5.41) is 5.88.